The topological polar surface area (TPSA) is 55.8 Å². The number of aliphatic hydroxyl groups is 1. The summed E-state index contributed by atoms with van der Waals surface area (Å²) in [6.07, 6.45) is 11.7. The van der Waals surface area contributed by atoms with Crippen molar-refractivity contribution in [3.8, 4) is 0 Å². The maximum Gasteiger partial charge on any atom is 0.171 e. The van der Waals surface area contributed by atoms with Crippen molar-refractivity contribution in [2.75, 3.05) is 6.61 Å². The minimum absolute atomic E-state index is 0.238. The first-order chi connectivity index (χ1) is 14.6. The van der Waals surface area contributed by atoms with E-state index in [1.165, 1.54) is 18.4 Å². The molecule has 0 unspecified atom stereocenters. The van der Waals surface area contributed by atoms with E-state index in [2.05, 4.69) is 26.8 Å². The van der Waals surface area contributed by atoms with Crippen molar-refractivity contribution in [2.24, 2.45) is 40.4 Å². The van der Waals surface area contributed by atoms with Crippen LogP contribution in [0.4, 0.5) is 0 Å². The highest BCUT2D eigenvalue weighted by atomic mass is 16.7. The summed E-state index contributed by atoms with van der Waals surface area (Å²) in [5, 5.41) is 10.4. The summed E-state index contributed by atoms with van der Waals surface area (Å²) in [5.41, 5.74) is 1.28. The summed E-state index contributed by atoms with van der Waals surface area (Å²) in [6.45, 7) is 9.64. The zero-order valence-corrected chi connectivity index (χ0v) is 19.8. The lowest BCUT2D eigenvalue weighted by molar-refractivity contribution is -0.293. The third-order valence-electron chi connectivity index (χ3n) is 11.2. The molecule has 6 rings (SSSR count). The second kappa shape index (κ2) is 6.45. The van der Waals surface area contributed by atoms with Gasteiger partial charge in [0.25, 0.3) is 0 Å². The zero-order valence-electron chi connectivity index (χ0n) is 19.8. The molecule has 6 aliphatic rings. The second-order valence-electron chi connectivity index (χ2n) is 12.8. The van der Waals surface area contributed by atoms with Gasteiger partial charge < -0.3 is 14.6 Å². The van der Waals surface area contributed by atoms with Gasteiger partial charge in [-0.25, -0.2) is 0 Å². The van der Waals surface area contributed by atoms with Crippen molar-refractivity contribution in [3.63, 3.8) is 0 Å². The molecule has 1 N–H and O–H groups in total. The summed E-state index contributed by atoms with van der Waals surface area (Å²) in [4.78, 5) is 12.1. The first kappa shape index (κ1) is 20.9. The maximum atomic E-state index is 12.1. The average Bonchev–Trinajstić information content (AvgIpc) is 3.16. The number of hydrogen-bond acceptors (Lipinski definition) is 4. The maximum absolute atomic E-state index is 12.1. The van der Waals surface area contributed by atoms with Crippen LogP contribution in [0.5, 0.6) is 0 Å². The highest BCUT2D eigenvalue weighted by Gasteiger charge is 2.69. The van der Waals surface area contributed by atoms with Crippen LogP contribution in [0.15, 0.2) is 11.6 Å². The van der Waals surface area contributed by atoms with E-state index in [-0.39, 0.29) is 11.5 Å². The van der Waals surface area contributed by atoms with Crippen LogP contribution in [-0.4, -0.2) is 35.0 Å². The molecule has 10 atom stereocenters. The molecule has 31 heavy (non-hydrogen) atoms. The van der Waals surface area contributed by atoms with E-state index in [4.69, 9.17) is 9.47 Å². The van der Waals surface area contributed by atoms with Crippen molar-refractivity contribution in [1.29, 1.82) is 0 Å². The molecule has 0 bridgehead atoms. The predicted molar refractivity (Wildman–Crippen MR) is 118 cm³/mol. The van der Waals surface area contributed by atoms with Gasteiger partial charge in [0, 0.05) is 25.2 Å². The Bertz CT molecular complexity index is 819. The third kappa shape index (κ3) is 2.74. The quantitative estimate of drug-likeness (QED) is 0.550. The van der Waals surface area contributed by atoms with E-state index >= 15 is 0 Å². The molecule has 0 radical (unpaired) electrons. The number of carbonyl (C=O) groups excluding carboxylic acids is 1. The molecule has 2 saturated heterocycles. The van der Waals surface area contributed by atoms with Gasteiger partial charge in [-0.2, -0.15) is 0 Å². The number of rotatable bonds is 0. The van der Waals surface area contributed by atoms with Gasteiger partial charge in [-0.05, 0) is 80.0 Å². The summed E-state index contributed by atoms with van der Waals surface area (Å²) >= 11 is 0. The Kier molecular flexibility index (Phi) is 4.34. The Morgan fingerprint density at radius 2 is 1.90 bits per heavy atom. The summed E-state index contributed by atoms with van der Waals surface area (Å²) in [6, 6.07) is 0. The molecule has 2 heterocycles. The summed E-state index contributed by atoms with van der Waals surface area (Å²) in [7, 11) is 0. The minimum atomic E-state index is -0.723. The Labute approximate surface area is 187 Å². The molecule has 0 aromatic heterocycles. The normalized spacial score (nSPS) is 58.4. The van der Waals surface area contributed by atoms with Gasteiger partial charge in [0.15, 0.2) is 5.79 Å². The molecule has 4 aliphatic carbocycles. The predicted octanol–water partition coefficient (Wildman–Crippen LogP) is 5.04. The van der Waals surface area contributed by atoms with Gasteiger partial charge in [-0.15, -0.1) is 0 Å². The fourth-order valence-corrected chi connectivity index (χ4v) is 9.47. The Morgan fingerprint density at radius 3 is 2.65 bits per heavy atom. The SMILES string of the molecule is C[C@H]1[C@H]2[C@H](C[C@H]3[C@H]4CC=C5CC(=O)CC[C@@]5(C)[C@H]4CC[C@]23C)O[C@]12CC[C@](C)(O)CO2. The molecule has 4 nitrogen and oxygen atoms in total. The lowest BCUT2D eigenvalue weighted by Gasteiger charge is -2.58. The first-order valence-electron chi connectivity index (χ1n) is 12.8. The molecular weight excluding hydrogens is 388 g/mol. The van der Waals surface area contributed by atoms with Crippen LogP contribution in [-0.2, 0) is 14.3 Å². The molecular formula is C27H40O4. The molecule has 2 aliphatic heterocycles. The average molecular weight is 429 g/mol. The molecule has 4 heteroatoms. The van der Waals surface area contributed by atoms with Gasteiger partial charge in [0.05, 0.1) is 18.3 Å². The van der Waals surface area contributed by atoms with E-state index in [0.717, 1.165) is 50.4 Å². The van der Waals surface area contributed by atoms with E-state index in [9.17, 15) is 9.90 Å². The van der Waals surface area contributed by atoms with Crippen LogP contribution in [0.3, 0.4) is 0 Å². The van der Waals surface area contributed by atoms with Gasteiger partial charge in [0.1, 0.15) is 5.78 Å². The van der Waals surface area contributed by atoms with Crippen LogP contribution >= 0.6 is 0 Å². The molecule has 0 aromatic rings. The van der Waals surface area contributed by atoms with E-state index in [1.807, 2.05) is 6.92 Å². The monoisotopic (exact) mass is 428 g/mol. The van der Waals surface area contributed by atoms with Crippen molar-refractivity contribution in [3.05, 3.63) is 11.6 Å². The molecule has 3 saturated carbocycles. The molecule has 0 aromatic carbocycles. The smallest absolute Gasteiger partial charge is 0.171 e. The number of Topliss-reactive ketones (excluding diaryl/α,β-unsaturated/α-hetero) is 1. The highest BCUT2D eigenvalue weighted by Crippen LogP contribution is 2.70. The number of ketones is 1. The zero-order chi connectivity index (χ0) is 21.8. The van der Waals surface area contributed by atoms with Crippen molar-refractivity contribution < 1.29 is 19.4 Å². The number of allylic oxidation sites excluding steroid dienone is 2. The van der Waals surface area contributed by atoms with E-state index in [1.54, 1.807) is 0 Å². The van der Waals surface area contributed by atoms with Gasteiger partial charge in [-0.3, -0.25) is 4.79 Å². The second-order valence-corrected chi connectivity index (χ2v) is 12.8. The van der Waals surface area contributed by atoms with Gasteiger partial charge in [0.2, 0.25) is 0 Å². The molecule has 0 amide bonds. The lowest BCUT2D eigenvalue weighted by atomic mass is 9.47. The van der Waals surface area contributed by atoms with Crippen LogP contribution in [0.1, 0.15) is 85.5 Å². The first-order valence-corrected chi connectivity index (χ1v) is 12.8. The lowest BCUT2D eigenvalue weighted by Crippen LogP contribution is -2.53. The van der Waals surface area contributed by atoms with Crippen LogP contribution in [0, 0.1) is 40.4 Å². The fourth-order valence-electron chi connectivity index (χ4n) is 9.47. The standard InChI is InChI=1S/C27H40O4/c1-16-23-22(31-27(16)12-11-24(2,29)15-30-27)14-21-19-6-5-17-13-18(28)7-9-25(17,3)20(19)8-10-26(21,23)4/h5,16,19-23,29H,6-15H2,1-4H3/t16-,19-,20-,21-,22-,23-,24-,25+,26-,27+/m0/s1. The number of carbonyl (C=O) groups is 1. The van der Waals surface area contributed by atoms with Gasteiger partial charge >= 0.3 is 0 Å². The van der Waals surface area contributed by atoms with E-state index < -0.39 is 11.4 Å². The van der Waals surface area contributed by atoms with Crippen LogP contribution in [0.25, 0.3) is 0 Å². The third-order valence-corrected chi connectivity index (χ3v) is 11.2. The largest absolute Gasteiger partial charge is 0.388 e. The fraction of sp³-hybridized carbons (Fsp3) is 0.889. The molecule has 5 fully saturated rings. The Morgan fingerprint density at radius 1 is 1.10 bits per heavy atom. The Hall–Kier alpha value is -0.710. The minimum Gasteiger partial charge on any atom is -0.388 e. The van der Waals surface area contributed by atoms with Gasteiger partial charge in [-0.1, -0.05) is 32.4 Å². The molecule has 172 valence electrons. The van der Waals surface area contributed by atoms with Crippen molar-refractivity contribution >= 4 is 5.78 Å². The Balaban J connectivity index is 1.28. The van der Waals surface area contributed by atoms with Crippen LogP contribution in [0.2, 0.25) is 0 Å². The van der Waals surface area contributed by atoms with Crippen molar-refractivity contribution in [2.45, 2.75) is 103 Å². The summed E-state index contributed by atoms with van der Waals surface area (Å²) < 4.78 is 13.1. The van der Waals surface area contributed by atoms with Crippen molar-refractivity contribution in [1.82, 2.24) is 0 Å². The number of ether oxygens (including phenoxy) is 2. The number of hydrogen-bond donors (Lipinski definition) is 1. The molecule has 1 spiro atoms. The van der Waals surface area contributed by atoms with E-state index in [0.29, 0.717) is 42.0 Å². The van der Waals surface area contributed by atoms with Crippen LogP contribution < -0.4 is 0 Å². The summed E-state index contributed by atoms with van der Waals surface area (Å²) in [5.74, 6) is 3.04. The number of fused-ring (bicyclic) bond motifs is 7. The highest BCUT2D eigenvalue weighted by molar-refractivity contribution is 5.82.